The smallest absolute Gasteiger partial charge is 0.322 e. The van der Waals surface area contributed by atoms with Crippen LogP contribution in [0.15, 0.2) is 18.2 Å². The van der Waals surface area contributed by atoms with Crippen molar-refractivity contribution in [1.29, 1.82) is 0 Å². The molecule has 0 aromatic heterocycles. The highest BCUT2D eigenvalue weighted by molar-refractivity contribution is 5.90. The number of benzene rings is 1. The first-order valence-electron chi connectivity index (χ1n) is 8.16. The fourth-order valence-corrected chi connectivity index (χ4v) is 3.58. The predicted octanol–water partition coefficient (Wildman–Crippen LogP) is 2.40. The van der Waals surface area contributed by atoms with Crippen molar-refractivity contribution in [2.24, 2.45) is 0 Å². The number of nitrogens with one attached hydrogen (secondary N) is 1. The first-order chi connectivity index (χ1) is 11.1. The molecule has 1 aromatic carbocycles. The normalized spacial score (nSPS) is 24.2. The highest BCUT2D eigenvalue weighted by Gasteiger charge is 2.36. The summed E-state index contributed by atoms with van der Waals surface area (Å²) in [5.41, 5.74) is 0.716. The van der Waals surface area contributed by atoms with Crippen LogP contribution < -0.4 is 14.8 Å². The van der Waals surface area contributed by atoms with Crippen LogP contribution in [0, 0.1) is 0 Å². The van der Waals surface area contributed by atoms with Crippen LogP contribution in [0.3, 0.4) is 0 Å². The number of ether oxygens (including phenoxy) is 2. The molecule has 6 heteroatoms. The number of nitrogens with zero attached hydrogens (tertiary/aromatic N) is 2. The van der Waals surface area contributed by atoms with Crippen LogP contribution in [-0.4, -0.2) is 61.8 Å². The van der Waals surface area contributed by atoms with Gasteiger partial charge < -0.3 is 19.7 Å². The Morgan fingerprint density at radius 3 is 2.74 bits per heavy atom. The van der Waals surface area contributed by atoms with E-state index in [9.17, 15) is 4.79 Å². The second-order valence-electron chi connectivity index (χ2n) is 6.29. The molecule has 0 spiro atoms. The highest BCUT2D eigenvalue weighted by atomic mass is 16.5. The lowest BCUT2D eigenvalue weighted by atomic mass is 10.1. The standard InChI is InChI=1S/C17H25N3O3/c1-12-10-19-8-4-5-14(19)11-20(12)17(21)18-13-6-7-15(22-2)16(9-13)23-3/h6-7,9,12,14H,4-5,8,10-11H2,1-3H3,(H,18,21). The molecule has 2 aliphatic rings. The number of urea groups is 1. The lowest BCUT2D eigenvalue weighted by Gasteiger charge is -2.42. The number of anilines is 1. The number of carbonyl (C=O) groups excluding carboxylic acids is 1. The summed E-state index contributed by atoms with van der Waals surface area (Å²) in [6.07, 6.45) is 2.43. The Morgan fingerprint density at radius 2 is 2.00 bits per heavy atom. The summed E-state index contributed by atoms with van der Waals surface area (Å²) in [7, 11) is 3.18. The third kappa shape index (κ3) is 3.22. The summed E-state index contributed by atoms with van der Waals surface area (Å²) in [6.45, 7) is 5.05. The fourth-order valence-electron chi connectivity index (χ4n) is 3.58. The van der Waals surface area contributed by atoms with E-state index in [-0.39, 0.29) is 12.1 Å². The van der Waals surface area contributed by atoms with Crippen LogP contribution >= 0.6 is 0 Å². The maximum absolute atomic E-state index is 12.6. The van der Waals surface area contributed by atoms with Gasteiger partial charge in [0.2, 0.25) is 0 Å². The quantitative estimate of drug-likeness (QED) is 0.929. The third-order valence-corrected chi connectivity index (χ3v) is 4.83. The summed E-state index contributed by atoms with van der Waals surface area (Å²) in [6, 6.07) is 6.11. The summed E-state index contributed by atoms with van der Waals surface area (Å²) in [5, 5.41) is 2.98. The van der Waals surface area contributed by atoms with Crippen LogP contribution in [0.5, 0.6) is 11.5 Å². The second-order valence-corrected chi connectivity index (χ2v) is 6.29. The fraction of sp³-hybridized carbons (Fsp3) is 0.588. The van der Waals surface area contributed by atoms with Gasteiger partial charge in [-0.05, 0) is 38.4 Å². The van der Waals surface area contributed by atoms with Crippen LogP contribution in [0.1, 0.15) is 19.8 Å². The Morgan fingerprint density at radius 1 is 1.22 bits per heavy atom. The Bertz CT molecular complexity index is 578. The number of rotatable bonds is 3. The van der Waals surface area contributed by atoms with E-state index in [0.717, 1.165) is 13.1 Å². The zero-order valence-corrected chi connectivity index (χ0v) is 14.0. The molecule has 2 amide bonds. The zero-order chi connectivity index (χ0) is 16.4. The van der Waals surface area contributed by atoms with Gasteiger partial charge in [0.15, 0.2) is 11.5 Å². The summed E-state index contributed by atoms with van der Waals surface area (Å²) in [5.74, 6) is 1.26. The molecule has 3 rings (SSSR count). The van der Waals surface area contributed by atoms with Gasteiger partial charge in [-0.3, -0.25) is 4.90 Å². The van der Waals surface area contributed by atoms with Crippen molar-refractivity contribution in [3.8, 4) is 11.5 Å². The van der Waals surface area contributed by atoms with Crippen molar-refractivity contribution < 1.29 is 14.3 Å². The minimum atomic E-state index is -0.0451. The van der Waals surface area contributed by atoms with Crippen LogP contribution in [0.25, 0.3) is 0 Å². The Balaban J connectivity index is 1.69. The molecule has 1 aromatic rings. The average molecular weight is 319 g/mol. The maximum Gasteiger partial charge on any atom is 0.322 e. The van der Waals surface area contributed by atoms with Gasteiger partial charge in [-0.25, -0.2) is 4.79 Å². The molecular weight excluding hydrogens is 294 g/mol. The van der Waals surface area contributed by atoms with Gasteiger partial charge in [-0.1, -0.05) is 0 Å². The van der Waals surface area contributed by atoms with Gasteiger partial charge in [-0.15, -0.1) is 0 Å². The van der Waals surface area contributed by atoms with E-state index < -0.39 is 0 Å². The number of hydrogen-bond acceptors (Lipinski definition) is 4. The van der Waals surface area contributed by atoms with Gasteiger partial charge in [0.05, 0.1) is 14.2 Å². The topological polar surface area (TPSA) is 54.0 Å². The van der Waals surface area contributed by atoms with Crippen molar-refractivity contribution in [2.75, 3.05) is 39.2 Å². The Hall–Kier alpha value is -1.95. The molecule has 6 nitrogen and oxygen atoms in total. The number of piperazine rings is 1. The van der Waals surface area contributed by atoms with Crippen molar-refractivity contribution in [2.45, 2.75) is 31.8 Å². The molecule has 0 aliphatic carbocycles. The van der Waals surface area contributed by atoms with Gasteiger partial charge in [0.25, 0.3) is 0 Å². The van der Waals surface area contributed by atoms with Crippen molar-refractivity contribution >= 4 is 11.7 Å². The van der Waals surface area contributed by atoms with Crippen LogP contribution in [0.2, 0.25) is 0 Å². The second kappa shape index (κ2) is 6.66. The van der Waals surface area contributed by atoms with E-state index in [4.69, 9.17) is 9.47 Å². The largest absolute Gasteiger partial charge is 0.493 e. The summed E-state index contributed by atoms with van der Waals surface area (Å²) >= 11 is 0. The number of methoxy groups -OCH3 is 2. The molecule has 23 heavy (non-hydrogen) atoms. The monoisotopic (exact) mass is 319 g/mol. The number of carbonyl (C=O) groups is 1. The van der Waals surface area contributed by atoms with Crippen molar-refractivity contribution in [1.82, 2.24) is 9.80 Å². The van der Waals surface area contributed by atoms with Crippen molar-refractivity contribution in [3.63, 3.8) is 0 Å². The molecule has 2 atom stereocenters. The molecule has 2 aliphatic heterocycles. The van der Waals surface area contributed by atoms with Gasteiger partial charge in [0.1, 0.15) is 0 Å². The minimum Gasteiger partial charge on any atom is -0.493 e. The summed E-state index contributed by atoms with van der Waals surface area (Å²) in [4.78, 5) is 17.1. The molecule has 0 radical (unpaired) electrons. The van der Waals surface area contributed by atoms with E-state index in [0.29, 0.717) is 23.2 Å². The molecule has 2 heterocycles. The maximum atomic E-state index is 12.6. The van der Waals surface area contributed by atoms with E-state index in [2.05, 4.69) is 17.1 Å². The predicted molar refractivity (Wildman–Crippen MR) is 89.3 cm³/mol. The number of fused-ring (bicyclic) bond motifs is 1. The summed E-state index contributed by atoms with van der Waals surface area (Å²) < 4.78 is 10.5. The lowest BCUT2D eigenvalue weighted by molar-refractivity contribution is 0.0861. The molecule has 2 saturated heterocycles. The van der Waals surface area contributed by atoms with Gasteiger partial charge in [-0.2, -0.15) is 0 Å². The first-order valence-corrected chi connectivity index (χ1v) is 8.16. The number of amides is 2. The average Bonchev–Trinajstić information content (AvgIpc) is 3.00. The van der Waals surface area contributed by atoms with E-state index in [1.165, 1.54) is 19.4 Å². The molecule has 2 fully saturated rings. The molecule has 126 valence electrons. The molecule has 0 bridgehead atoms. The molecule has 2 unspecified atom stereocenters. The third-order valence-electron chi connectivity index (χ3n) is 4.83. The molecular formula is C17H25N3O3. The van der Waals surface area contributed by atoms with E-state index in [1.54, 1.807) is 26.4 Å². The van der Waals surface area contributed by atoms with Gasteiger partial charge in [0, 0.05) is 36.9 Å². The first kappa shape index (κ1) is 15.9. The van der Waals surface area contributed by atoms with E-state index >= 15 is 0 Å². The minimum absolute atomic E-state index is 0.0451. The SMILES string of the molecule is COc1ccc(NC(=O)N2CC3CCCN3CC2C)cc1OC. The Labute approximate surface area is 137 Å². The molecule has 1 N–H and O–H groups in total. The van der Waals surface area contributed by atoms with Crippen LogP contribution in [0.4, 0.5) is 10.5 Å². The number of hydrogen-bond donors (Lipinski definition) is 1. The van der Waals surface area contributed by atoms with Gasteiger partial charge >= 0.3 is 6.03 Å². The molecule has 0 saturated carbocycles. The zero-order valence-electron chi connectivity index (χ0n) is 14.0. The van der Waals surface area contributed by atoms with Crippen molar-refractivity contribution in [3.05, 3.63) is 18.2 Å². The lowest BCUT2D eigenvalue weighted by Crippen LogP contribution is -2.57. The Kier molecular flexibility index (Phi) is 4.61. The van der Waals surface area contributed by atoms with E-state index in [1.807, 2.05) is 11.0 Å². The highest BCUT2D eigenvalue weighted by Crippen LogP contribution is 2.30. The van der Waals surface area contributed by atoms with Crippen LogP contribution in [-0.2, 0) is 0 Å².